The highest BCUT2D eigenvalue weighted by atomic mass is 35.5. The van der Waals surface area contributed by atoms with E-state index >= 15 is 0 Å². The van der Waals surface area contributed by atoms with Crippen LogP contribution in [0.2, 0.25) is 5.02 Å². The Hall–Kier alpha value is -3.18. The number of rotatable bonds is 6. The van der Waals surface area contributed by atoms with Gasteiger partial charge < -0.3 is 10.1 Å². The Balaban J connectivity index is 1.46. The van der Waals surface area contributed by atoms with Crippen LogP contribution in [0.15, 0.2) is 30.4 Å². The zero-order chi connectivity index (χ0) is 21.0. The van der Waals surface area contributed by atoms with Crippen molar-refractivity contribution in [3.05, 3.63) is 40.9 Å². The van der Waals surface area contributed by atoms with E-state index in [0.717, 1.165) is 4.90 Å². The standard InChI is InChI=1S/C20H18ClN3O5/c21-13-6-5-12(10-22)16(9-13)23-17(25)11-29-18(26)7-8-24-19(27)14-3-1-2-4-15(14)20(24)28/h1-2,5-6,9,14-15H,3-4,7-8,11H2,(H,23,25)/t14-,15-/m1/s1. The normalized spacial score (nSPS) is 20.2. The lowest BCUT2D eigenvalue weighted by molar-refractivity contribution is -0.148. The molecule has 1 heterocycles. The Labute approximate surface area is 172 Å². The van der Waals surface area contributed by atoms with Crippen molar-refractivity contribution >= 4 is 41.0 Å². The van der Waals surface area contributed by atoms with Crippen molar-refractivity contribution in [1.82, 2.24) is 4.90 Å². The predicted molar refractivity (Wildman–Crippen MR) is 102 cm³/mol. The van der Waals surface area contributed by atoms with Gasteiger partial charge in [0.05, 0.1) is 29.5 Å². The summed E-state index contributed by atoms with van der Waals surface area (Å²) in [5.41, 5.74) is 0.432. The summed E-state index contributed by atoms with van der Waals surface area (Å²) in [6, 6.07) is 6.31. The van der Waals surface area contributed by atoms with E-state index in [1.54, 1.807) is 0 Å². The van der Waals surface area contributed by atoms with E-state index in [0.29, 0.717) is 17.9 Å². The predicted octanol–water partition coefficient (Wildman–Crippen LogP) is 2.03. The number of allylic oxidation sites excluding steroid dienone is 2. The number of amides is 3. The number of carbonyl (C=O) groups excluding carboxylic acids is 4. The number of nitrogens with one attached hydrogen (secondary N) is 1. The fraction of sp³-hybridized carbons (Fsp3) is 0.350. The minimum absolute atomic E-state index is 0.0714. The monoisotopic (exact) mass is 415 g/mol. The minimum Gasteiger partial charge on any atom is -0.456 e. The average molecular weight is 416 g/mol. The number of nitriles is 1. The molecular formula is C20H18ClN3O5. The maximum Gasteiger partial charge on any atom is 0.308 e. The molecule has 2 atom stereocenters. The number of fused-ring (bicyclic) bond motifs is 1. The van der Waals surface area contributed by atoms with Crippen molar-refractivity contribution in [3.63, 3.8) is 0 Å². The second-order valence-electron chi connectivity index (χ2n) is 6.74. The lowest BCUT2D eigenvalue weighted by Gasteiger charge is -2.14. The smallest absolute Gasteiger partial charge is 0.308 e. The summed E-state index contributed by atoms with van der Waals surface area (Å²) < 4.78 is 4.90. The lowest BCUT2D eigenvalue weighted by Crippen LogP contribution is -2.33. The SMILES string of the molecule is N#Cc1ccc(Cl)cc1NC(=O)COC(=O)CCN1C(=O)[C@@H]2CC=CC[C@H]2C1=O. The van der Waals surface area contributed by atoms with Crippen molar-refractivity contribution in [2.45, 2.75) is 19.3 Å². The largest absolute Gasteiger partial charge is 0.456 e. The van der Waals surface area contributed by atoms with Crippen LogP contribution in [0.5, 0.6) is 0 Å². The van der Waals surface area contributed by atoms with Crippen molar-refractivity contribution in [1.29, 1.82) is 5.26 Å². The zero-order valence-corrected chi connectivity index (χ0v) is 16.1. The van der Waals surface area contributed by atoms with Crippen LogP contribution in [-0.2, 0) is 23.9 Å². The fourth-order valence-electron chi connectivity index (χ4n) is 3.41. The molecule has 3 amide bonds. The number of carbonyl (C=O) groups is 4. The first-order valence-corrected chi connectivity index (χ1v) is 9.44. The highest BCUT2D eigenvalue weighted by Gasteiger charge is 2.46. The van der Waals surface area contributed by atoms with Gasteiger partial charge in [-0.1, -0.05) is 23.8 Å². The molecule has 29 heavy (non-hydrogen) atoms. The Kier molecular flexibility index (Phi) is 6.29. The molecule has 150 valence electrons. The van der Waals surface area contributed by atoms with E-state index < -0.39 is 18.5 Å². The topological polar surface area (TPSA) is 117 Å². The van der Waals surface area contributed by atoms with Crippen LogP contribution >= 0.6 is 11.6 Å². The van der Waals surface area contributed by atoms with E-state index in [-0.39, 0.29) is 47.9 Å². The fourth-order valence-corrected chi connectivity index (χ4v) is 3.59. The van der Waals surface area contributed by atoms with E-state index in [9.17, 15) is 19.2 Å². The molecule has 0 unspecified atom stereocenters. The first kappa shape index (κ1) is 20.6. The Morgan fingerprint density at radius 1 is 1.21 bits per heavy atom. The molecule has 2 aliphatic rings. The van der Waals surface area contributed by atoms with Crippen molar-refractivity contribution < 1.29 is 23.9 Å². The number of anilines is 1. The van der Waals surface area contributed by atoms with Crippen molar-refractivity contribution in [3.8, 4) is 6.07 Å². The van der Waals surface area contributed by atoms with Gasteiger partial charge in [-0.3, -0.25) is 24.1 Å². The molecule has 1 N–H and O–H groups in total. The summed E-state index contributed by atoms with van der Waals surface area (Å²) in [5, 5.41) is 11.8. The zero-order valence-electron chi connectivity index (χ0n) is 15.4. The number of hydrogen-bond donors (Lipinski definition) is 1. The van der Waals surface area contributed by atoms with Gasteiger partial charge in [0.2, 0.25) is 11.8 Å². The Morgan fingerprint density at radius 3 is 2.48 bits per heavy atom. The molecule has 0 spiro atoms. The van der Waals surface area contributed by atoms with Gasteiger partial charge in [-0.2, -0.15) is 5.26 Å². The van der Waals surface area contributed by atoms with Gasteiger partial charge in [0.25, 0.3) is 5.91 Å². The molecule has 1 aliphatic heterocycles. The molecular weight excluding hydrogens is 398 g/mol. The van der Waals surface area contributed by atoms with Gasteiger partial charge in [0.15, 0.2) is 6.61 Å². The second kappa shape index (κ2) is 8.88. The summed E-state index contributed by atoms with van der Waals surface area (Å²) in [6.07, 6.45) is 4.65. The van der Waals surface area contributed by atoms with Gasteiger partial charge in [-0.05, 0) is 31.0 Å². The molecule has 1 saturated heterocycles. The molecule has 0 radical (unpaired) electrons. The molecule has 1 aromatic rings. The third-order valence-corrected chi connectivity index (χ3v) is 5.11. The maximum atomic E-state index is 12.3. The summed E-state index contributed by atoms with van der Waals surface area (Å²) in [6.45, 7) is -0.634. The number of halogens is 1. The van der Waals surface area contributed by atoms with Crippen LogP contribution in [0.3, 0.4) is 0 Å². The minimum atomic E-state index is -0.708. The molecule has 1 aliphatic carbocycles. The second-order valence-corrected chi connectivity index (χ2v) is 7.18. The van der Waals surface area contributed by atoms with E-state index in [2.05, 4.69) is 5.32 Å². The number of hydrogen-bond acceptors (Lipinski definition) is 6. The van der Waals surface area contributed by atoms with Crippen LogP contribution in [0.4, 0.5) is 5.69 Å². The molecule has 0 aromatic heterocycles. The number of nitrogens with zero attached hydrogens (tertiary/aromatic N) is 2. The molecule has 0 saturated carbocycles. The third kappa shape index (κ3) is 4.63. The van der Waals surface area contributed by atoms with Crippen LogP contribution in [0, 0.1) is 23.2 Å². The first-order chi connectivity index (χ1) is 13.9. The molecule has 8 nitrogen and oxygen atoms in total. The van der Waals surface area contributed by atoms with Crippen LogP contribution in [0.1, 0.15) is 24.8 Å². The number of imide groups is 1. The first-order valence-electron chi connectivity index (χ1n) is 9.06. The van der Waals surface area contributed by atoms with Gasteiger partial charge in [0, 0.05) is 11.6 Å². The van der Waals surface area contributed by atoms with E-state index in [4.69, 9.17) is 21.6 Å². The number of benzene rings is 1. The molecule has 3 rings (SSSR count). The molecule has 1 aromatic carbocycles. The third-order valence-electron chi connectivity index (χ3n) is 4.88. The summed E-state index contributed by atoms with van der Waals surface area (Å²) in [5.74, 6) is -2.56. The van der Waals surface area contributed by atoms with Crippen molar-refractivity contribution in [2.24, 2.45) is 11.8 Å². The molecule has 9 heteroatoms. The van der Waals surface area contributed by atoms with Gasteiger partial charge in [-0.25, -0.2) is 0 Å². The summed E-state index contributed by atoms with van der Waals surface area (Å²) in [7, 11) is 0. The quantitative estimate of drug-likeness (QED) is 0.431. The van der Waals surface area contributed by atoms with Gasteiger partial charge in [0.1, 0.15) is 6.07 Å². The van der Waals surface area contributed by atoms with E-state index in [1.807, 2.05) is 18.2 Å². The summed E-state index contributed by atoms with van der Waals surface area (Å²) >= 11 is 5.85. The maximum absolute atomic E-state index is 12.3. The molecule has 1 fully saturated rings. The molecule has 0 bridgehead atoms. The Morgan fingerprint density at radius 2 is 1.86 bits per heavy atom. The number of likely N-dealkylation sites (tertiary alicyclic amines) is 1. The van der Waals surface area contributed by atoms with Gasteiger partial charge in [-0.15, -0.1) is 0 Å². The van der Waals surface area contributed by atoms with Crippen LogP contribution in [-0.4, -0.2) is 41.7 Å². The highest BCUT2D eigenvalue weighted by Crippen LogP contribution is 2.35. The van der Waals surface area contributed by atoms with Crippen molar-refractivity contribution in [2.75, 3.05) is 18.5 Å². The number of esters is 1. The average Bonchev–Trinajstić information content (AvgIpc) is 2.95. The number of ether oxygens (including phenoxy) is 1. The Bertz CT molecular complexity index is 911. The highest BCUT2D eigenvalue weighted by molar-refractivity contribution is 6.31. The van der Waals surface area contributed by atoms with Gasteiger partial charge >= 0.3 is 5.97 Å². The lowest BCUT2D eigenvalue weighted by atomic mass is 9.85. The van der Waals surface area contributed by atoms with E-state index in [1.165, 1.54) is 18.2 Å². The van der Waals surface area contributed by atoms with Crippen LogP contribution in [0.25, 0.3) is 0 Å². The summed E-state index contributed by atoms with van der Waals surface area (Å²) in [4.78, 5) is 49.7. The van der Waals surface area contributed by atoms with Crippen LogP contribution < -0.4 is 5.32 Å².